The second-order valence-corrected chi connectivity index (χ2v) is 5.96. The highest BCUT2D eigenvalue weighted by molar-refractivity contribution is 5.66. The van der Waals surface area contributed by atoms with Crippen LogP contribution in [-0.2, 0) is 12.8 Å². The van der Waals surface area contributed by atoms with Crippen molar-refractivity contribution in [1.82, 2.24) is 0 Å². The van der Waals surface area contributed by atoms with Crippen LogP contribution in [0.5, 0.6) is 5.75 Å². The fourth-order valence-corrected chi connectivity index (χ4v) is 3.24. The quantitative estimate of drug-likeness (QED) is 0.795. The Balaban J connectivity index is 2.08. The highest BCUT2D eigenvalue weighted by Crippen LogP contribution is 2.41. The number of nitrogens with zero attached hydrogens (tertiary/aromatic N) is 1. The van der Waals surface area contributed by atoms with Gasteiger partial charge in [0.15, 0.2) is 0 Å². The Morgan fingerprint density at radius 2 is 2.32 bits per heavy atom. The lowest BCUT2D eigenvalue weighted by Gasteiger charge is -2.24. The van der Waals surface area contributed by atoms with Crippen molar-refractivity contribution in [3.63, 3.8) is 0 Å². The van der Waals surface area contributed by atoms with Gasteiger partial charge < -0.3 is 20.5 Å². The van der Waals surface area contributed by atoms with Crippen molar-refractivity contribution in [2.45, 2.75) is 37.9 Å². The van der Waals surface area contributed by atoms with E-state index in [0.717, 1.165) is 18.7 Å². The highest BCUT2D eigenvalue weighted by atomic mass is 16.5. The van der Waals surface area contributed by atoms with Crippen molar-refractivity contribution in [1.29, 1.82) is 0 Å². The van der Waals surface area contributed by atoms with E-state index in [0.29, 0.717) is 19.4 Å². The molecule has 1 aromatic rings. The monoisotopic (exact) mass is 262 g/mol. The molecule has 1 aromatic carbocycles. The second-order valence-electron chi connectivity index (χ2n) is 5.96. The van der Waals surface area contributed by atoms with Crippen molar-refractivity contribution >= 4 is 5.69 Å². The van der Waals surface area contributed by atoms with E-state index in [-0.39, 0.29) is 6.10 Å². The number of nitrogens with two attached hydrogens (primary N) is 1. The number of hydrogen-bond donors (Lipinski definition) is 2. The molecule has 0 saturated heterocycles. The molecule has 3 rings (SSSR count). The van der Waals surface area contributed by atoms with E-state index in [1.165, 1.54) is 16.8 Å². The number of hydrogen-bond acceptors (Lipinski definition) is 4. The molecule has 0 spiro atoms. The molecular weight excluding hydrogens is 240 g/mol. The average molecular weight is 262 g/mol. The van der Waals surface area contributed by atoms with E-state index in [1.807, 2.05) is 6.07 Å². The summed E-state index contributed by atoms with van der Waals surface area (Å²) in [5, 5.41) is 10.5. The van der Waals surface area contributed by atoms with E-state index in [9.17, 15) is 5.11 Å². The molecule has 0 fully saturated rings. The standard InChI is InChI=1S/C15H22N2O2/c1-10-7-12-13(19-10)4-3-11-8-15(18,9-16)5-6-17(2)14(11)12/h3-4,10,18H,5-9,16H2,1-2H3. The van der Waals surface area contributed by atoms with Gasteiger partial charge >= 0.3 is 0 Å². The third-order valence-corrected chi connectivity index (χ3v) is 4.34. The number of anilines is 1. The van der Waals surface area contributed by atoms with Gasteiger partial charge in [-0.15, -0.1) is 0 Å². The van der Waals surface area contributed by atoms with Crippen molar-refractivity contribution in [2.24, 2.45) is 5.73 Å². The molecule has 4 heteroatoms. The summed E-state index contributed by atoms with van der Waals surface area (Å²) in [6, 6.07) is 4.11. The zero-order valence-electron chi connectivity index (χ0n) is 11.6. The summed E-state index contributed by atoms with van der Waals surface area (Å²) in [5.74, 6) is 0.997. The van der Waals surface area contributed by atoms with Gasteiger partial charge in [0, 0.05) is 44.2 Å². The van der Waals surface area contributed by atoms with Gasteiger partial charge in [-0.1, -0.05) is 6.07 Å². The Morgan fingerprint density at radius 3 is 3.05 bits per heavy atom. The molecule has 2 aliphatic heterocycles. The molecule has 104 valence electrons. The minimum Gasteiger partial charge on any atom is -0.490 e. The van der Waals surface area contributed by atoms with Crippen LogP contribution in [0.3, 0.4) is 0 Å². The van der Waals surface area contributed by atoms with Crippen LogP contribution in [0.2, 0.25) is 0 Å². The first-order chi connectivity index (χ1) is 9.02. The third kappa shape index (κ3) is 2.09. The number of fused-ring (bicyclic) bond motifs is 3. The third-order valence-electron chi connectivity index (χ3n) is 4.34. The zero-order chi connectivity index (χ0) is 13.6. The van der Waals surface area contributed by atoms with Gasteiger partial charge in [0.05, 0.1) is 5.60 Å². The first-order valence-electron chi connectivity index (χ1n) is 6.97. The van der Waals surface area contributed by atoms with E-state index < -0.39 is 5.60 Å². The van der Waals surface area contributed by atoms with E-state index in [1.54, 1.807) is 0 Å². The Kier molecular flexibility index (Phi) is 2.95. The minimum atomic E-state index is -0.779. The molecule has 0 aliphatic carbocycles. The van der Waals surface area contributed by atoms with Crippen LogP contribution in [0.25, 0.3) is 0 Å². The predicted molar refractivity (Wildman–Crippen MR) is 75.8 cm³/mol. The molecule has 3 N–H and O–H groups in total. The maximum atomic E-state index is 10.5. The normalized spacial score (nSPS) is 29.5. The van der Waals surface area contributed by atoms with Crippen molar-refractivity contribution in [3.8, 4) is 5.75 Å². The summed E-state index contributed by atoms with van der Waals surface area (Å²) in [6.45, 7) is 3.23. The van der Waals surface area contributed by atoms with Crippen LogP contribution >= 0.6 is 0 Å². The summed E-state index contributed by atoms with van der Waals surface area (Å²) < 4.78 is 5.83. The molecule has 0 bridgehead atoms. The van der Waals surface area contributed by atoms with Crippen LogP contribution in [0, 0.1) is 0 Å². The summed E-state index contributed by atoms with van der Waals surface area (Å²) in [7, 11) is 2.09. The zero-order valence-corrected chi connectivity index (χ0v) is 11.6. The van der Waals surface area contributed by atoms with Gasteiger partial charge in [0.25, 0.3) is 0 Å². The Bertz CT molecular complexity index is 503. The number of ether oxygens (including phenoxy) is 1. The van der Waals surface area contributed by atoms with Crippen LogP contribution in [0.4, 0.5) is 5.69 Å². The van der Waals surface area contributed by atoms with Crippen LogP contribution < -0.4 is 15.4 Å². The SMILES string of the molecule is CC1Cc2c(ccc3c2N(C)CCC(O)(CN)C3)O1. The number of benzene rings is 1. The van der Waals surface area contributed by atoms with Crippen molar-refractivity contribution in [3.05, 3.63) is 23.3 Å². The number of rotatable bonds is 1. The van der Waals surface area contributed by atoms with Gasteiger partial charge in [-0.05, 0) is 25.0 Å². The molecular formula is C15H22N2O2. The van der Waals surface area contributed by atoms with Crippen molar-refractivity contribution < 1.29 is 9.84 Å². The van der Waals surface area contributed by atoms with Gasteiger partial charge in [0.2, 0.25) is 0 Å². The Labute approximate surface area is 114 Å². The maximum Gasteiger partial charge on any atom is 0.125 e. The van der Waals surface area contributed by atoms with Crippen LogP contribution in [0.1, 0.15) is 24.5 Å². The summed E-state index contributed by atoms with van der Waals surface area (Å²) in [6.07, 6.45) is 2.53. The van der Waals surface area contributed by atoms with E-state index in [2.05, 4.69) is 24.9 Å². The molecule has 0 radical (unpaired) electrons. The smallest absolute Gasteiger partial charge is 0.125 e. The average Bonchev–Trinajstić information content (AvgIpc) is 2.70. The molecule has 0 amide bonds. The lowest BCUT2D eigenvalue weighted by atomic mass is 9.91. The van der Waals surface area contributed by atoms with Crippen molar-refractivity contribution in [2.75, 3.05) is 25.0 Å². The first-order valence-corrected chi connectivity index (χ1v) is 6.97. The Morgan fingerprint density at radius 1 is 1.53 bits per heavy atom. The Hall–Kier alpha value is -1.26. The van der Waals surface area contributed by atoms with E-state index >= 15 is 0 Å². The van der Waals surface area contributed by atoms with Gasteiger partial charge in [0.1, 0.15) is 11.9 Å². The lowest BCUT2D eigenvalue weighted by molar-refractivity contribution is 0.0449. The maximum absolute atomic E-state index is 10.5. The summed E-state index contributed by atoms with van der Waals surface area (Å²) in [4.78, 5) is 2.24. The predicted octanol–water partition coefficient (Wildman–Crippen LogP) is 1.08. The van der Waals surface area contributed by atoms with Crippen LogP contribution in [-0.4, -0.2) is 36.9 Å². The highest BCUT2D eigenvalue weighted by Gasteiger charge is 2.34. The lowest BCUT2D eigenvalue weighted by Crippen LogP contribution is -2.40. The van der Waals surface area contributed by atoms with Gasteiger partial charge in [-0.25, -0.2) is 0 Å². The topological polar surface area (TPSA) is 58.7 Å². The molecule has 2 aliphatic rings. The molecule has 0 saturated carbocycles. The van der Waals surface area contributed by atoms with E-state index in [4.69, 9.17) is 10.5 Å². The van der Waals surface area contributed by atoms with Gasteiger partial charge in [-0.3, -0.25) is 0 Å². The number of aliphatic hydroxyl groups is 1. The minimum absolute atomic E-state index is 0.242. The molecule has 2 heterocycles. The van der Waals surface area contributed by atoms with Gasteiger partial charge in [-0.2, -0.15) is 0 Å². The summed E-state index contributed by atoms with van der Waals surface area (Å²) >= 11 is 0. The largest absolute Gasteiger partial charge is 0.490 e. The van der Waals surface area contributed by atoms with Crippen LogP contribution in [0.15, 0.2) is 12.1 Å². The molecule has 2 atom stereocenters. The second kappa shape index (κ2) is 4.39. The summed E-state index contributed by atoms with van der Waals surface area (Å²) in [5.41, 5.74) is 8.68. The molecule has 19 heavy (non-hydrogen) atoms. The molecule has 4 nitrogen and oxygen atoms in total. The fraction of sp³-hybridized carbons (Fsp3) is 0.600. The first kappa shape index (κ1) is 12.8. The molecule has 2 unspecified atom stereocenters. The molecule has 0 aromatic heterocycles. The fourth-order valence-electron chi connectivity index (χ4n) is 3.24.